The quantitative estimate of drug-likeness (QED) is 0.429. The summed E-state index contributed by atoms with van der Waals surface area (Å²) in [6.07, 6.45) is 0. The Kier molecular flexibility index (Phi) is 4.37. The summed E-state index contributed by atoms with van der Waals surface area (Å²) in [5.74, 6) is 0. The van der Waals surface area contributed by atoms with Gasteiger partial charge in [0.25, 0.3) is 0 Å². The average molecular weight is 153 g/mol. The van der Waals surface area contributed by atoms with E-state index in [4.69, 9.17) is 0 Å². The molecular weight excluding hydrogens is 136 g/mol. The van der Waals surface area contributed by atoms with E-state index in [0.29, 0.717) is 0 Å². The first kappa shape index (κ1) is 9.70. The van der Waals surface area contributed by atoms with Gasteiger partial charge in [-0.3, -0.25) is 0 Å². The van der Waals surface area contributed by atoms with Gasteiger partial charge in [-0.2, -0.15) is 0 Å². The molecule has 0 bridgehead atoms. The van der Waals surface area contributed by atoms with Crippen molar-refractivity contribution < 1.29 is 0 Å². The van der Waals surface area contributed by atoms with E-state index >= 15 is 0 Å². The topological polar surface area (TPSA) is 0 Å². The number of rotatable bonds is 4. The molecule has 0 nitrogen and oxygen atoms in total. The van der Waals surface area contributed by atoms with E-state index in [1.54, 1.807) is 0 Å². The van der Waals surface area contributed by atoms with Gasteiger partial charge in [0, 0.05) is 0 Å². The molecule has 0 aromatic rings. The highest BCUT2D eigenvalue weighted by Gasteiger charge is 2.03. The van der Waals surface area contributed by atoms with E-state index in [1.165, 1.54) is 23.2 Å². The number of hydrogen-bond acceptors (Lipinski definition) is 0. The van der Waals surface area contributed by atoms with Crippen molar-refractivity contribution in [1.29, 1.82) is 0 Å². The molecule has 0 aromatic carbocycles. The third kappa shape index (κ3) is 5.83. The highest BCUT2D eigenvalue weighted by atomic mass is 28.3. The summed E-state index contributed by atoms with van der Waals surface area (Å²) < 4.78 is 0. The monoisotopic (exact) mass is 153 g/mol. The molecule has 1 radical (unpaired) electrons. The van der Waals surface area contributed by atoms with Crippen LogP contribution >= 0.6 is 0 Å². The zero-order chi connectivity index (χ0) is 8.15. The molecule has 0 rings (SSSR count). The van der Waals surface area contributed by atoms with Crippen LogP contribution in [0.4, 0.5) is 0 Å². The molecule has 0 saturated carbocycles. The molecule has 0 atom stereocenters. The van der Waals surface area contributed by atoms with Gasteiger partial charge < -0.3 is 0 Å². The average Bonchev–Trinajstić information content (AvgIpc) is 1.58. The van der Waals surface area contributed by atoms with Crippen molar-refractivity contribution in [1.82, 2.24) is 0 Å². The molecule has 0 N–H and O–H groups in total. The molecule has 57 valence electrons. The summed E-state index contributed by atoms with van der Waals surface area (Å²) in [5, 5.41) is 0. The van der Waals surface area contributed by atoms with E-state index in [9.17, 15) is 0 Å². The predicted octanol–water partition coefficient (Wildman–Crippen LogP) is 3.26. The fourth-order valence-corrected chi connectivity index (χ4v) is 3.28. The summed E-state index contributed by atoms with van der Waals surface area (Å²) in [7, 11) is -0.188. The summed E-state index contributed by atoms with van der Waals surface area (Å²) >= 11 is 0. The minimum atomic E-state index is -0.188. The third-order valence-electron chi connectivity index (χ3n) is 1.21. The van der Waals surface area contributed by atoms with Crippen LogP contribution in [0.5, 0.6) is 0 Å². The number of hydrogen-bond donors (Lipinski definition) is 0. The first-order chi connectivity index (χ1) is 4.52. The second-order valence-corrected chi connectivity index (χ2v) is 5.85. The van der Waals surface area contributed by atoms with Gasteiger partial charge in [0.05, 0.1) is 8.80 Å². The minimum Gasteiger partial charge on any atom is -0.100 e. The molecule has 0 saturated heterocycles. The minimum absolute atomic E-state index is 0.188. The van der Waals surface area contributed by atoms with E-state index in [-0.39, 0.29) is 8.80 Å². The predicted molar refractivity (Wildman–Crippen MR) is 50.9 cm³/mol. The maximum atomic E-state index is 3.90. The van der Waals surface area contributed by atoms with Gasteiger partial charge in [-0.15, -0.1) is 13.2 Å². The molecule has 0 aliphatic rings. The normalized spacial score (nSPS) is 10.0. The van der Waals surface area contributed by atoms with Gasteiger partial charge in [-0.25, -0.2) is 0 Å². The lowest BCUT2D eigenvalue weighted by molar-refractivity contribution is 1.30. The van der Waals surface area contributed by atoms with Crippen molar-refractivity contribution >= 4 is 8.80 Å². The van der Waals surface area contributed by atoms with Crippen molar-refractivity contribution in [3.05, 3.63) is 24.3 Å². The summed E-state index contributed by atoms with van der Waals surface area (Å²) in [4.78, 5) is 0. The van der Waals surface area contributed by atoms with E-state index in [2.05, 4.69) is 33.6 Å². The van der Waals surface area contributed by atoms with Gasteiger partial charge in [-0.1, -0.05) is 17.7 Å². The Balaban J connectivity index is 3.53. The Hall–Kier alpha value is -0.303. The lowest BCUT2D eigenvalue weighted by Crippen LogP contribution is -2.06. The molecule has 0 unspecified atom stereocenters. The summed E-state index contributed by atoms with van der Waals surface area (Å²) in [6.45, 7) is 14.3. The first-order valence-corrected chi connectivity index (χ1v) is 6.04. The standard InChI is InChI=1S/C9H17Si/c1-8(2)6-10(5)7-9(3)4/h1,3,6-7H2,2,4-5H3. The van der Waals surface area contributed by atoms with Crippen LogP contribution in [0.1, 0.15) is 13.8 Å². The summed E-state index contributed by atoms with van der Waals surface area (Å²) in [6, 6.07) is 2.47. The second-order valence-electron chi connectivity index (χ2n) is 3.22. The molecule has 0 aliphatic carbocycles. The van der Waals surface area contributed by atoms with Gasteiger partial charge in [0.2, 0.25) is 0 Å². The van der Waals surface area contributed by atoms with E-state index in [0.717, 1.165) is 0 Å². The Morgan fingerprint density at radius 3 is 1.60 bits per heavy atom. The van der Waals surface area contributed by atoms with Crippen LogP contribution in [0.3, 0.4) is 0 Å². The lowest BCUT2D eigenvalue weighted by atomic mass is 10.4. The zero-order valence-corrected chi connectivity index (χ0v) is 8.33. The van der Waals surface area contributed by atoms with Crippen molar-refractivity contribution in [3.8, 4) is 0 Å². The van der Waals surface area contributed by atoms with E-state index < -0.39 is 0 Å². The first-order valence-electron chi connectivity index (χ1n) is 3.62. The van der Waals surface area contributed by atoms with Crippen LogP contribution < -0.4 is 0 Å². The highest BCUT2D eigenvalue weighted by molar-refractivity contribution is 6.58. The Bertz CT molecular complexity index is 120. The molecule has 0 heterocycles. The van der Waals surface area contributed by atoms with E-state index in [1.807, 2.05) is 0 Å². The van der Waals surface area contributed by atoms with Crippen LogP contribution in [-0.2, 0) is 0 Å². The van der Waals surface area contributed by atoms with Crippen LogP contribution in [-0.4, -0.2) is 8.80 Å². The fraction of sp³-hybridized carbons (Fsp3) is 0.556. The van der Waals surface area contributed by atoms with Crippen LogP contribution in [0.2, 0.25) is 18.6 Å². The van der Waals surface area contributed by atoms with Crippen LogP contribution in [0.15, 0.2) is 24.3 Å². The maximum absolute atomic E-state index is 3.90. The number of allylic oxidation sites excluding steroid dienone is 2. The van der Waals surface area contributed by atoms with Crippen LogP contribution in [0.25, 0.3) is 0 Å². The lowest BCUT2D eigenvalue weighted by Gasteiger charge is -2.07. The molecular formula is C9H17Si. The Morgan fingerprint density at radius 1 is 1.10 bits per heavy atom. The Morgan fingerprint density at radius 2 is 1.40 bits per heavy atom. The van der Waals surface area contributed by atoms with Crippen molar-refractivity contribution in [2.45, 2.75) is 32.5 Å². The molecule has 0 spiro atoms. The van der Waals surface area contributed by atoms with Gasteiger partial charge >= 0.3 is 0 Å². The molecule has 10 heavy (non-hydrogen) atoms. The van der Waals surface area contributed by atoms with Crippen molar-refractivity contribution in [3.63, 3.8) is 0 Å². The third-order valence-corrected chi connectivity index (χ3v) is 3.62. The van der Waals surface area contributed by atoms with Crippen molar-refractivity contribution in [2.24, 2.45) is 0 Å². The zero-order valence-electron chi connectivity index (χ0n) is 7.33. The molecule has 0 aromatic heterocycles. The summed E-state index contributed by atoms with van der Waals surface area (Å²) in [5.41, 5.74) is 2.63. The molecule has 0 amide bonds. The molecule has 1 heteroatoms. The van der Waals surface area contributed by atoms with Gasteiger partial charge in [0.15, 0.2) is 0 Å². The van der Waals surface area contributed by atoms with Gasteiger partial charge in [0.1, 0.15) is 0 Å². The fourth-order valence-electron chi connectivity index (χ4n) is 1.09. The SMILES string of the molecule is C=C(C)C[Si](C)CC(=C)C. The largest absolute Gasteiger partial charge is 0.100 e. The van der Waals surface area contributed by atoms with Crippen LogP contribution in [0, 0.1) is 0 Å². The smallest absolute Gasteiger partial charge is 0.0530 e. The Labute approximate surface area is 66.3 Å². The highest BCUT2D eigenvalue weighted by Crippen LogP contribution is 2.10. The maximum Gasteiger partial charge on any atom is 0.0530 e. The molecule has 0 fully saturated rings. The second kappa shape index (κ2) is 4.50. The van der Waals surface area contributed by atoms with Crippen molar-refractivity contribution in [2.75, 3.05) is 0 Å². The van der Waals surface area contributed by atoms with Gasteiger partial charge in [-0.05, 0) is 25.9 Å². The molecule has 0 aliphatic heterocycles.